The van der Waals surface area contributed by atoms with E-state index in [1.165, 1.54) is 6.42 Å². The summed E-state index contributed by atoms with van der Waals surface area (Å²) in [5, 5.41) is 3.31. The van der Waals surface area contributed by atoms with Crippen molar-refractivity contribution in [3.05, 3.63) is 12.7 Å². The maximum Gasteiger partial charge on any atom is 0.0704 e. The van der Waals surface area contributed by atoms with Crippen LogP contribution in [0, 0.1) is 5.92 Å². The Hall–Kier alpha value is -0.380. The third kappa shape index (κ3) is 5.03. The van der Waals surface area contributed by atoms with Crippen LogP contribution in [0.5, 0.6) is 0 Å². The molecular formula is C10H19NO2. The summed E-state index contributed by atoms with van der Waals surface area (Å²) in [5.74, 6) is 0.708. The van der Waals surface area contributed by atoms with Gasteiger partial charge < -0.3 is 14.8 Å². The van der Waals surface area contributed by atoms with Crippen molar-refractivity contribution in [2.75, 3.05) is 39.5 Å². The highest BCUT2D eigenvalue weighted by Crippen LogP contribution is 2.06. The highest BCUT2D eigenvalue weighted by atomic mass is 16.5. The van der Waals surface area contributed by atoms with Gasteiger partial charge in [0, 0.05) is 6.54 Å². The van der Waals surface area contributed by atoms with Gasteiger partial charge in [0.15, 0.2) is 0 Å². The molecule has 1 heterocycles. The Morgan fingerprint density at radius 3 is 2.92 bits per heavy atom. The molecule has 1 rings (SSSR count). The fourth-order valence-corrected chi connectivity index (χ4v) is 1.39. The van der Waals surface area contributed by atoms with Crippen LogP contribution in [0.4, 0.5) is 0 Å². The SMILES string of the molecule is C=CCOCCOCC1CCNC1. The Labute approximate surface area is 80.1 Å². The Morgan fingerprint density at radius 1 is 1.38 bits per heavy atom. The predicted molar refractivity (Wildman–Crippen MR) is 52.8 cm³/mol. The van der Waals surface area contributed by atoms with E-state index in [2.05, 4.69) is 11.9 Å². The monoisotopic (exact) mass is 185 g/mol. The smallest absolute Gasteiger partial charge is 0.0704 e. The largest absolute Gasteiger partial charge is 0.379 e. The zero-order valence-electron chi connectivity index (χ0n) is 8.13. The van der Waals surface area contributed by atoms with Crippen LogP contribution in [0.15, 0.2) is 12.7 Å². The molecular weight excluding hydrogens is 166 g/mol. The van der Waals surface area contributed by atoms with Gasteiger partial charge in [-0.25, -0.2) is 0 Å². The van der Waals surface area contributed by atoms with Crippen molar-refractivity contribution in [1.29, 1.82) is 0 Å². The van der Waals surface area contributed by atoms with Crippen molar-refractivity contribution in [3.63, 3.8) is 0 Å². The van der Waals surface area contributed by atoms with Gasteiger partial charge in [-0.1, -0.05) is 6.08 Å². The molecule has 0 aromatic carbocycles. The second-order valence-corrected chi connectivity index (χ2v) is 3.30. The molecule has 0 aromatic rings. The van der Waals surface area contributed by atoms with Crippen LogP contribution < -0.4 is 5.32 Å². The molecule has 1 atom stereocenters. The van der Waals surface area contributed by atoms with Crippen molar-refractivity contribution in [1.82, 2.24) is 5.32 Å². The van der Waals surface area contributed by atoms with Crippen molar-refractivity contribution >= 4 is 0 Å². The summed E-state index contributed by atoms with van der Waals surface area (Å²) in [7, 11) is 0. The number of rotatable bonds is 7. The minimum absolute atomic E-state index is 0.619. The fourth-order valence-electron chi connectivity index (χ4n) is 1.39. The summed E-state index contributed by atoms with van der Waals surface area (Å²) >= 11 is 0. The van der Waals surface area contributed by atoms with Crippen molar-refractivity contribution in [3.8, 4) is 0 Å². The predicted octanol–water partition coefficient (Wildman–Crippen LogP) is 0.815. The molecule has 1 unspecified atom stereocenters. The molecule has 1 N–H and O–H groups in total. The Kier molecular flexibility index (Phi) is 5.81. The lowest BCUT2D eigenvalue weighted by Gasteiger charge is -2.08. The standard InChI is InChI=1S/C10H19NO2/c1-2-5-12-6-7-13-9-10-3-4-11-8-10/h2,10-11H,1,3-9H2. The third-order valence-corrected chi connectivity index (χ3v) is 2.12. The minimum Gasteiger partial charge on any atom is -0.379 e. The molecule has 1 saturated heterocycles. The second kappa shape index (κ2) is 7.06. The summed E-state index contributed by atoms with van der Waals surface area (Å²) < 4.78 is 10.7. The second-order valence-electron chi connectivity index (χ2n) is 3.30. The molecule has 0 saturated carbocycles. The molecule has 1 fully saturated rings. The first-order valence-electron chi connectivity index (χ1n) is 4.90. The average Bonchev–Trinajstić information content (AvgIpc) is 2.63. The van der Waals surface area contributed by atoms with E-state index in [1.54, 1.807) is 6.08 Å². The highest BCUT2D eigenvalue weighted by Gasteiger charge is 2.13. The van der Waals surface area contributed by atoms with Gasteiger partial charge in [0.2, 0.25) is 0 Å². The molecule has 0 aliphatic carbocycles. The summed E-state index contributed by atoms with van der Waals surface area (Å²) in [5.41, 5.74) is 0. The van der Waals surface area contributed by atoms with Crippen LogP contribution in [0.1, 0.15) is 6.42 Å². The number of ether oxygens (including phenoxy) is 2. The van der Waals surface area contributed by atoms with Crippen LogP contribution >= 0.6 is 0 Å². The van der Waals surface area contributed by atoms with Crippen molar-refractivity contribution in [2.24, 2.45) is 5.92 Å². The van der Waals surface area contributed by atoms with Crippen LogP contribution in [-0.4, -0.2) is 39.5 Å². The normalized spacial score (nSPS) is 22.0. The van der Waals surface area contributed by atoms with Gasteiger partial charge >= 0.3 is 0 Å². The molecule has 1 aliphatic rings. The lowest BCUT2D eigenvalue weighted by atomic mass is 10.1. The molecule has 13 heavy (non-hydrogen) atoms. The number of hydrogen-bond donors (Lipinski definition) is 1. The Bertz CT molecular complexity index is 133. The van der Waals surface area contributed by atoms with E-state index in [-0.39, 0.29) is 0 Å². The van der Waals surface area contributed by atoms with Gasteiger partial charge in [0.1, 0.15) is 0 Å². The highest BCUT2D eigenvalue weighted by molar-refractivity contribution is 4.70. The zero-order chi connectivity index (χ0) is 9.36. The first-order valence-corrected chi connectivity index (χ1v) is 4.90. The summed E-state index contributed by atoms with van der Waals surface area (Å²) in [4.78, 5) is 0. The Balaban J connectivity index is 1.80. The summed E-state index contributed by atoms with van der Waals surface area (Å²) in [6, 6.07) is 0. The van der Waals surface area contributed by atoms with Gasteiger partial charge in [-0.3, -0.25) is 0 Å². The number of nitrogens with one attached hydrogen (secondary N) is 1. The van der Waals surface area contributed by atoms with E-state index in [0.29, 0.717) is 25.7 Å². The summed E-state index contributed by atoms with van der Waals surface area (Å²) in [6.45, 7) is 8.67. The minimum atomic E-state index is 0.619. The first-order chi connectivity index (χ1) is 6.43. The van der Waals surface area contributed by atoms with Gasteiger partial charge in [-0.05, 0) is 18.9 Å². The van der Waals surface area contributed by atoms with Crippen LogP contribution in [0.3, 0.4) is 0 Å². The quantitative estimate of drug-likeness (QED) is 0.470. The lowest BCUT2D eigenvalue weighted by Crippen LogP contribution is -2.15. The Morgan fingerprint density at radius 2 is 2.23 bits per heavy atom. The van der Waals surface area contributed by atoms with Gasteiger partial charge in [-0.2, -0.15) is 0 Å². The summed E-state index contributed by atoms with van der Waals surface area (Å²) in [6.07, 6.45) is 2.99. The van der Waals surface area contributed by atoms with Gasteiger partial charge in [0.05, 0.1) is 26.4 Å². The molecule has 3 heteroatoms. The fraction of sp³-hybridized carbons (Fsp3) is 0.800. The molecule has 3 nitrogen and oxygen atoms in total. The van der Waals surface area contributed by atoms with E-state index < -0.39 is 0 Å². The average molecular weight is 185 g/mol. The maximum atomic E-state index is 5.46. The van der Waals surface area contributed by atoms with E-state index in [9.17, 15) is 0 Å². The topological polar surface area (TPSA) is 30.5 Å². The van der Waals surface area contributed by atoms with Crippen LogP contribution in [-0.2, 0) is 9.47 Å². The van der Waals surface area contributed by atoms with E-state index in [4.69, 9.17) is 9.47 Å². The zero-order valence-corrected chi connectivity index (χ0v) is 8.13. The van der Waals surface area contributed by atoms with Gasteiger partial charge in [-0.15, -0.1) is 6.58 Å². The molecule has 0 bridgehead atoms. The van der Waals surface area contributed by atoms with E-state index in [0.717, 1.165) is 19.7 Å². The molecule has 1 aliphatic heterocycles. The molecule has 0 spiro atoms. The molecule has 76 valence electrons. The van der Waals surface area contributed by atoms with Gasteiger partial charge in [0.25, 0.3) is 0 Å². The molecule has 0 amide bonds. The van der Waals surface area contributed by atoms with Crippen molar-refractivity contribution < 1.29 is 9.47 Å². The van der Waals surface area contributed by atoms with E-state index in [1.807, 2.05) is 0 Å². The molecule has 0 aromatic heterocycles. The maximum absolute atomic E-state index is 5.46. The number of hydrogen-bond acceptors (Lipinski definition) is 3. The molecule has 0 radical (unpaired) electrons. The van der Waals surface area contributed by atoms with Crippen molar-refractivity contribution in [2.45, 2.75) is 6.42 Å². The third-order valence-electron chi connectivity index (χ3n) is 2.12. The lowest BCUT2D eigenvalue weighted by molar-refractivity contribution is 0.0447. The first kappa shape index (κ1) is 10.7. The van der Waals surface area contributed by atoms with Crippen LogP contribution in [0.2, 0.25) is 0 Å². The van der Waals surface area contributed by atoms with E-state index >= 15 is 0 Å². The van der Waals surface area contributed by atoms with Crippen LogP contribution in [0.25, 0.3) is 0 Å².